The van der Waals surface area contributed by atoms with Gasteiger partial charge < -0.3 is 9.88 Å². The van der Waals surface area contributed by atoms with Gasteiger partial charge in [0, 0.05) is 18.3 Å². The number of imidazole rings is 1. The third-order valence-corrected chi connectivity index (χ3v) is 4.34. The molecule has 0 aliphatic carbocycles. The third-order valence-electron chi connectivity index (χ3n) is 4.09. The van der Waals surface area contributed by atoms with Gasteiger partial charge in [-0.15, -0.1) is 0 Å². The quantitative estimate of drug-likeness (QED) is 0.600. The van der Waals surface area contributed by atoms with E-state index in [4.69, 9.17) is 11.6 Å². The fourth-order valence-corrected chi connectivity index (χ4v) is 2.89. The van der Waals surface area contributed by atoms with Crippen LogP contribution in [-0.4, -0.2) is 37.6 Å². The molecule has 0 atom stereocenters. The van der Waals surface area contributed by atoms with Crippen molar-refractivity contribution in [3.8, 4) is 5.69 Å². The normalized spacial score (nSPS) is 11.0. The van der Waals surface area contributed by atoms with E-state index in [9.17, 15) is 4.79 Å². The molecule has 0 fully saturated rings. The fourth-order valence-electron chi connectivity index (χ4n) is 2.77. The molecule has 0 aliphatic heterocycles. The number of aromatic nitrogens is 4. The molecule has 130 valence electrons. The van der Waals surface area contributed by atoms with Crippen LogP contribution in [0.25, 0.3) is 16.7 Å². The van der Waals surface area contributed by atoms with Gasteiger partial charge in [-0.1, -0.05) is 23.7 Å². The molecule has 2 heterocycles. The summed E-state index contributed by atoms with van der Waals surface area (Å²) in [4.78, 5) is 22.0. The highest BCUT2D eigenvalue weighted by Gasteiger charge is 2.16. The summed E-state index contributed by atoms with van der Waals surface area (Å²) in [5.74, 6) is 0.623. The van der Waals surface area contributed by atoms with E-state index in [2.05, 4.69) is 15.1 Å². The molecule has 0 unspecified atom stereocenters. The number of hydrogen-bond acceptors (Lipinski definition) is 3. The SMILES string of the molecule is CN(Cc1nc2ccccc2[nH]1)C(=O)c1cnn(-c2ccc(Cl)cc2)c1. The van der Waals surface area contributed by atoms with Crippen LogP contribution < -0.4 is 0 Å². The van der Waals surface area contributed by atoms with Crippen LogP contribution in [0.1, 0.15) is 16.2 Å². The Morgan fingerprint density at radius 1 is 1.19 bits per heavy atom. The van der Waals surface area contributed by atoms with Crippen LogP contribution in [0, 0.1) is 0 Å². The Kier molecular flexibility index (Phi) is 4.18. The van der Waals surface area contributed by atoms with Crippen molar-refractivity contribution in [1.29, 1.82) is 0 Å². The molecule has 7 heteroatoms. The Morgan fingerprint density at radius 2 is 1.96 bits per heavy atom. The summed E-state index contributed by atoms with van der Waals surface area (Å²) in [7, 11) is 1.75. The van der Waals surface area contributed by atoms with Gasteiger partial charge in [-0.05, 0) is 36.4 Å². The summed E-state index contributed by atoms with van der Waals surface area (Å²) >= 11 is 5.90. The number of nitrogens with one attached hydrogen (secondary N) is 1. The van der Waals surface area contributed by atoms with E-state index in [0.29, 0.717) is 17.1 Å². The van der Waals surface area contributed by atoms with Crippen molar-refractivity contribution in [2.45, 2.75) is 6.54 Å². The highest BCUT2D eigenvalue weighted by Crippen LogP contribution is 2.15. The molecule has 2 aromatic carbocycles. The number of benzene rings is 2. The van der Waals surface area contributed by atoms with Crippen molar-refractivity contribution in [3.63, 3.8) is 0 Å². The van der Waals surface area contributed by atoms with Crippen LogP contribution in [0.2, 0.25) is 5.02 Å². The van der Waals surface area contributed by atoms with Gasteiger partial charge in [-0.3, -0.25) is 4.79 Å². The first-order valence-electron chi connectivity index (χ1n) is 8.10. The Bertz CT molecular complexity index is 1030. The smallest absolute Gasteiger partial charge is 0.257 e. The van der Waals surface area contributed by atoms with E-state index in [0.717, 1.165) is 22.5 Å². The van der Waals surface area contributed by atoms with Crippen molar-refractivity contribution >= 4 is 28.5 Å². The molecule has 0 radical (unpaired) electrons. The van der Waals surface area contributed by atoms with Gasteiger partial charge in [0.25, 0.3) is 5.91 Å². The average molecular weight is 366 g/mol. The lowest BCUT2D eigenvalue weighted by atomic mass is 10.3. The van der Waals surface area contributed by atoms with Gasteiger partial charge >= 0.3 is 0 Å². The van der Waals surface area contributed by atoms with Crippen LogP contribution >= 0.6 is 11.6 Å². The molecular formula is C19H16ClN5O. The first kappa shape index (κ1) is 16.4. The largest absolute Gasteiger partial charge is 0.340 e. The zero-order chi connectivity index (χ0) is 18.1. The van der Waals surface area contributed by atoms with E-state index in [1.807, 2.05) is 36.4 Å². The Labute approximate surface area is 155 Å². The Hall–Kier alpha value is -3.12. The molecule has 4 rings (SSSR count). The predicted octanol–water partition coefficient (Wildman–Crippen LogP) is 3.67. The van der Waals surface area contributed by atoms with Crippen LogP contribution in [-0.2, 0) is 6.54 Å². The summed E-state index contributed by atoms with van der Waals surface area (Å²) in [6, 6.07) is 15.1. The molecule has 26 heavy (non-hydrogen) atoms. The minimum atomic E-state index is -0.120. The van der Waals surface area contributed by atoms with Crippen molar-refractivity contribution in [2.75, 3.05) is 7.05 Å². The highest BCUT2D eigenvalue weighted by molar-refractivity contribution is 6.30. The van der Waals surface area contributed by atoms with E-state index in [1.54, 1.807) is 41.2 Å². The van der Waals surface area contributed by atoms with Crippen molar-refractivity contribution in [3.05, 3.63) is 77.3 Å². The summed E-state index contributed by atoms with van der Waals surface area (Å²) in [5.41, 5.74) is 3.20. The van der Waals surface area contributed by atoms with Gasteiger partial charge in [-0.2, -0.15) is 5.10 Å². The lowest BCUT2D eigenvalue weighted by Crippen LogP contribution is -2.26. The molecule has 0 saturated carbocycles. The maximum Gasteiger partial charge on any atom is 0.257 e. The van der Waals surface area contributed by atoms with Crippen molar-refractivity contribution < 1.29 is 4.79 Å². The standard InChI is InChI=1S/C19H16ClN5O/c1-24(12-18-22-16-4-2-3-5-17(16)23-18)19(26)13-10-21-25(11-13)15-8-6-14(20)7-9-15/h2-11H,12H2,1H3,(H,22,23). The van der Waals surface area contributed by atoms with Crippen LogP contribution in [0.4, 0.5) is 0 Å². The monoisotopic (exact) mass is 365 g/mol. The lowest BCUT2D eigenvalue weighted by Gasteiger charge is -2.14. The molecule has 1 N–H and O–H groups in total. The van der Waals surface area contributed by atoms with Gasteiger partial charge in [0.1, 0.15) is 5.82 Å². The predicted molar refractivity (Wildman–Crippen MR) is 100 cm³/mol. The number of para-hydroxylation sites is 2. The highest BCUT2D eigenvalue weighted by atomic mass is 35.5. The number of carbonyl (C=O) groups is 1. The van der Waals surface area contributed by atoms with Crippen LogP contribution in [0.5, 0.6) is 0 Å². The molecule has 4 aromatic rings. The van der Waals surface area contributed by atoms with E-state index >= 15 is 0 Å². The Morgan fingerprint density at radius 3 is 2.73 bits per heavy atom. The number of H-pyrrole nitrogens is 1. The molecule has 0 aliphatic rings. The second-order valence-corrected chi connectivity index (χ2v) is 6.45. The minimum absolute atomic E-state index is 0.120. The van der Waals surface area contributed by atoms with Crippen LogP contribution in [0.3, 0.4) is 0 Å². The van der Waals surface area contributed by atoms with Crippen LogP contribution in [0.15, 0.2) is 60.9 Å². The summed E-state index contributed by atoms with van der Waals surface area (Å²) in [5, 5.41) is 4.92. The van der Waals surface area contributed by atoms with E-state index in [-0.39, 0.29) is 5.91 Å². The molecule has 0 spiro atoms. The van der Waals surface area contributed by atoms with E-state index < -0.39 is 0 Å². The van der Waals surface area contributed by atoms with Crippen molar-refractivity contribution in [2.24, 2.45) is 0 Å². The maximum atomic E-state index is 12.7. The zero-order valence-electron chi connectivity index (χ0n) is 14.1. The van der Waals surface area contributed by atoms with Gasteiger partial charge in [0.15, 0.2) is 0 Å². The zero-order valence-corrected chi connectivity index (χ0v) is 14.8. The molecular weight excluding hydrogens is 350 g/mol. The number of hydrogen-bond donors (Lipinski definition) is 1. The maximum absolute atomic E-state index is 12.7. The number of aromatic amines is 1. The van der Waals surface area contributed by atoms with E-state index in [1.165, 1.54) is 0 Å². The molecule has 0 bridgehead atoms. The summed E-state index contributed by atoms with van der Waals surface area (Å²) in [6.07, 6.45) is 3.27. The molecule has 6 nitrogen and oxygen atoms in total. The molecule has 1 amide bonds. The summed E-state index contributed by atoms with van der Waals surface area (Å²) < 4.78 is 1.65. The van der Waals surface area contributed by atoms with Gasteiger partial charge in [0.2, 0.25) is 0 Å². The van der Waals surface area contributed by atoms with Gasteiger partial charge in [0.05, 0.1) is 35.0 Å². The number of rotatable bonds is 4. The number of carbonyl (C=O) groups excluding carboxylic acids is 1. The first-order chi connectivity index (χ1) is 12.6. The Balaban J connectivity index is 1.50. The number of halogens is 1. The van der Waals surface area contributed by atoms with Crippen molar-refractivity contribution in [1.82, 2.24) is 24.6 Å². The molecule has 2 aromatic heterocycles. The lowest BCUT2D eigenvalue weighted by molar-refractivity contribution is 0.0782. The average Bonchev–Trinajstić information content (AvgIpc) is 3.28. The molecule has 0 saturated heterocycles. The fraction of sp³-hybridized carbons (Fsp3) is 0.105. The number of fused-ring (bicyclic) bond motifs is 1. The second kappa shape index (κ2) is 6.65. The van der Waals surface area contributed by atoms with Gasteiger partial charge in [-0.25, -0.2) is 9.67 Å². The first-order valence-corrected chi connectivity index (χ1v) is 8.47. The third kappa shape index (κ3) is 3.19. The second-order valence-electron chi connectivity index (χ2n) is 6.01. The number of amides is 1. The topological polar surface area (TPSA) is 66.8 Å². The summed E-state index contributed by atoms with van der Waals surface area (Å²) in [6.45, 7) is 0.389. The minimum Gasteiger partial charge on any atom is -0.340 e. The number of nitrogens with zero attached hydrogens (tertiary/aromatic N) is 4.